The van der Waals surface area contributed by atoms with Crippen molar-refractivity contribution in [2.75, 3.05) is 45.2 Å². The Kier molecular flexibility index (Phi) is 46.6. The van der Waals surface area contributed by atoms with Crippen molar-refractivity contribution in [2.24, 2.45) is 0 Å². The number of allylic oxidation sites excluding steroid dienone is 4. The van der Waals surface area contributed by atoms with Crippen molar-refractivity contribution in [3.8, 4) is 0 Å². The molecule has 0 spiro atoms. The molecule has 0 saturated carbocycles. The van der Waals surface area contributed by atoms with Gasteiger partial charge in [-0.2, -0.15) is 0 Å². The Hall–Kier alpha value is 0.100. The van der Waals surface area contributed by atoms with E-state index in [4.69, 9.17) is 0 Å². The monoisotopic (exact) mass is 779 g/mol. The quantitative estimate of drug-likeness (QED) is 0.0345. The molecule has 0 saturated heterocycles. The van der Waals surface area contributed by atoms with Crippen molar-refractivity contribution in [3.63, 3.8) is 0 Å². The van der Waals surface area contributed by atoms with Gasteiger partial charge in [0.15, 0.2) is 0 Å². The lowest BCUT2D eigenvalue weighted by Crippen LogP contribution is -2.33. The third-order valence-corrected chi connectivity index (χ3v) is 13.6. The molecular weight excluding hydrogens is 681 g/mol. The van der Waals surface area contributed by atoms with Gasteiger partial charge in [0.25, 0.3) is 0 Å². The van der Waals surface area contributed by atoms with E-state index >= 15 is 0 Å². The standard InChI is InChI=1S/C49H98N2S2/c1-6-9-12-15-17-19-21-23-25-27-29-31-33-35-38-41-44-50(4)45-47-52-53-48-46-51(5)49(42-39-36-14-11-8-3)43-40-37-34-32-30-28-26-24-22-20-18-16-13-10-7-2/h23-26,49H,6-22,27-48H2,1-5H3/b25-23-,26-24?. The summed E-state index contributed by atoms with van der Waals surface area (Å²) in [6, 6.07) is 0.787. The van der Waals surface area contributed by atoms with Gasteiger partial charge in [-0.25, -0.2) is 0 Å². The molecule has 316 valence electrons. The SMILES string of the molecule is CCCCCCCCC=CCCCCCCCC(CCCCCCC)N(C)CCSSCCN(C)CCCCCCCC/C=C\CCCCCCCC. The molecule has 0 aliphatic carbocycles. The van der Waals surface area contributed by atoms with E-state index in [1.54, 1.807) is 0 Å². The fourth-order valence-electron chi connectivity index (χ4n) is 7.44. The molecule has 0 N–H and O–H groups in total. The molecule has 0 fully saturated rings. The van der Waals surface area contributed by atoms with Crippen molar-refractivity contribution >= 4 is 21.6 Å². The Balaban J connectivity index is 3.86. The number of hydrogen-bond acceptors (Lipinski definition) is 4. The van der Waals surface area contributed by atoms with Crippen LogP contribution in [0, 0.1) is 0 Å². The Bertz CT molecular complexity index is 725. The zero-order valence-corrected chi connectivity index (χ0v) is 38.8. The third kappa shape index (κ3) is 43.1. The molecule has 0 heterocycles. The number of hydrogen-bond donors (Lipinski definition) is 0. The van der Waals surface area contributed by atoms with Crippen LogP contribution in [-0.4, -0.2) is 61.1 Å². The summed E-state index contributed by atoms with van der Waals surface area (Å²) in [7, 11) is 8.97. The summed E-state index contributed by atoms with van der Waals surface area (Å²) in [5, 5.41) is 0. The largest absolute Gasteiger partial charge is 0.306 e. The highest BCUT2D eigenvalue weighted by atomic mass is 33.1. The summed E-state index contributed by atoms with van der Waals surface area (Å²) in [5.41, 5.74) is 0. The zero-order chi connectivity index (χ0) is 38.6. The van der Waals surface area contributed by atoms with Gasteiger partial charge in [-0.1, -0.05) is 214 Å². The molecule has 0 aromatic carbocycles. The normalized spacial score (nSPS) is 12.8. The van der Waals surface area contributed by atoms with Crippen LogP contribution in [0.4, 0.5) is 0 Å². The van der Waals surface area contributed by atoms with Gasteiger partial charge < -0.3 is 9.80 Å². The molecule has 0 radical (unpaired) electrons. The first-order chi connectivity index (χ1) is 26.2. The Morgan fingerprint density at radius 2 is 0.679 bits per heavy atom. The highest BCUT2D eigenvalue weighted by molar-refractivity contribution is 8.76. The summed E-state index contributed by atoms with van der Waals surface area (Å²) in [6.45, 7) is 10.7. The molecule has 1 unspecified atom stereocenters. The molecule has 0 rings (SSSR count). The lowest BCUT2D eigenvalue weighted by Gasteiger charge is -2.28. The molecule has 4 heteroatoms. The first-order valence-electron chi connectivity index (χ1n) is 24.1. The minimum absolute atomic E-state index is 0.787. The van der Waals surface area contributed by atoms with Gasteiger partial charge in [-0.15, -0.1) is 0 Å². The summed E-state index contributed by atoms with van der Waals surface area (Å²) in [4.78, 5) is 5.29. The first-order valence-corrected chi connectivity index (χ1v) is 26.6. The summed E-state index contributed by atoms with van der Waals surface area (Å²) < 4.78 is 0. The van der Waals surface area contributed by atoms with Crippen LogP contribution in [0.1, 0.15) is 239 Å². The lowest BCUT2D eigenvalue weighted by molar-refractivity contribution is 0.221. The van der Waals surface area contributed by atoms with Crippen molar-refractivity contribution in [1.29, 1.82) is 0 Å². The Morgan fingerprint density at radius 1 is 0.358 bits per heavy atom. The van der Waals surface area contributed by atoms with Gasteiger partial charge in [0.05, 0.1) is 0 Å². The average molecular weight is 779 g/mol. The van der Waals surface area contributed by atoms with Gasteiger partial charge in [0, 0.05) is 30.6 Å². The van der Waals surface area contributed by atoms with Crippen LogP contribution in [0.3, 0.4) is 0 Å². The van der Waals surface area contributed by atoms with Crippen LogP contribution in [-0.2, 0) is 0 Å². The van der Waals surface area contributed by atoms with Crippen LogP contribution >= 0.6 is 21.6 Å². The van der Waals surface area contributed by atoms with Gasteiger partial charge >= 0.3 is 0 Å². The van der Waals surface area contributed by atoms with Gasteiger partial charge in [-0.05, 0) is 91.3 Å². The van der Waals surface area contributed by atoms with E-state index in [0.29, 0.717) is 0 Å². The second-order valence-corrected chi connectivity index (χ2v) is 19.3. The second kappa shape index (κ2) is 46.5. The number of unbranched alkanes of at least 4 members (excludes halogenated alkanes) is 27. The molecule has 0 aromatic heterocycles. The van der Waals surface area contributed by atoms with E-state index in [1.807, 2.05) is 0 Å². The van der Waals surface area contributed by atoms with Gasteiger partial charge in [0.2, 0.25) is 0 Å². The maximum atomic E-state index is 2.72. The van der Waals surface area contributed by atoms with Crippen molar-refractivity contribution < 1.29 is 0 Å². The van der Waals surface area contributed by atoms with E-state index < -0.39 is 0 Å². The second-order valence-electron chi connectivity index (χ2n) is 16.6. The highest BCUT2D eigenvalue weighted by Gasteiger charge is 2.14. The van der Waals surface area contributed by atoms with Crippen LogP contribution in [0.5, 0.6) is 0 Å². The fourth-order valence-corrected chi connectivity index (χ4v) is 9.57. The predicted molar refractivity (Wildman–Crippen MR) is 251 cm³/mol. The molecule has 0 bridgehead atoms. The summed E-state index contributed by atoms with van der Waals surface area (Å²) in [5.74, 6) is 2.52. The highest BCUT2D eigenvalue weighted by Crippen LogP contribution is 2.23. The molecule has 0 aliphatic rings. The molecule has 53 heavy (non-hydrogen) atoms. The third-order valence-electron chi connectivity index (χ3n) is 11.3. The molecule has 0 aliphatic heterocycles. The Labute approximate surface area is 344 Å². The van der Waals surface area contributed by atoms with Crippen LogP contribution in [0.2, 0.25) is 0 Å². The van der Waals surface area contributed by atoms with E-state index in [9.17, 15) is 0 Å². The van der Waals surface area contributed by atoms with Crippen LogP contribution < -0.4 is 0 Å². The minimum atomic E-state index is 0.787. The van der Waals surface area contributed by atoms with Crippen LogP contribution in [0.15, 0.2) is 24.3 Å². The van der Waals surface area contributed by atoms with Gasteiger partial charge in [0.1, 0.15) is 0 Å². The zero-order valence-electron chi connectivity index (χ0n) is 37.2. The lowest BCUT2D eigenvalue weighted by atomic mass is 9.99. The maximum absolute atomic E-state index is 2.72. The molecular formula is C49H98N2S2. The van der Waals surface area contributed by atoms with E-state index in [2.05, 4.69) is 90.6 Å². The van der Waals surface area contributed by atoms with E-state index in [-0.39, 0.29) is 0 Å². The topological polar surface area (TPSA) is 6.48 Å². The van der Waals surface area contributed by atoms with E-state index in [1.165, 1.54) is 249 Å². The van der Waals surface area contributed by atoms with Gasteiger partial charge in [-0.3, -0.25) is 0 Å². The maximum Gasteiger partial charge on any atom is 0.0165 e. The van der Waals surface area contributed by atoms with Crippen LogP contribution in [0.25, 0.3) is 0 Å². The molecule has 1 atom stereocenters. The van der Waals surface area contributed by atoms with Crippen molar-refractivity contribution in [3.05, 3.63) is 24.3 Å². The van der Waals surface area contributed by atoms with E-state index in [0.717, 1.165) is 6.04 Å². The molecule has 2 nitrogen and oxygen atoms in total. The number of nitrogens with zero attached hydrogens (tertiary/aromatic N) is 2. The summed E-state index contributed by atoms with van der Waals surface area (Å²) >= 11 is 0. The molecule has 0 aromatic rings. The van der Waals surface area contributed by atoms with Crippen molar-refractivity contribution in [1.82, 2.24) is 9.80 Å². The minimum Gasteiger partial charge on any atom is -0.306 e. The number of rotatable bonds is 45. The average Bonchev–Trinajstić information content (AvgIpc) is 3.16. The first kappa shape index (κ1) is 53.1. The smallest absolute Gasteiger partial charge is 0.0165 e. The predicted octanol–water partition coefficient (Wildman–Crippen LogP) is 17.0. The fraction of sp³-hybridized carbons (Fsp3) is 0.918. The Morgan fingerprint density at radius 3 is 1.08 bits per heavy atom. The molecule has 0 amide bonds. The summed E-state index contributed by atoms with van der Waals surface area (Å²) in [6.07, 6.45) is 57.3. The van der Waals surface area contributed by atoms with Crippen molar-refractivity contribution in [2.45, 2.75) is 245 Å².